The molecule has 0 bridgehead atoms. The molecule has 0 aromatic carbocycles. The molecule has 3 atom stereocenters. The number of aliphatic carboxylic acids is 1. The van der Waals surface area contributed by atoms with E-state index in [-0.39, 0.29) is 6.42 Å². The molecule has 0 spiro atoms. The molecular weight excluding hydrogens is 148 g/mol. The van der Waals surface area contributed by atoms with Gasteiger partial charge in [-0.1, -0.05) is 0 Å². The van der Waals surface area contributed by atoms with Gasteiger partial charge in [0, 0.05) is 0 Å². The predicted octanol–water partition coefficient (Wildman–Crippen LogP) is -0.407. The van der Waals surface area contributed by atoms with Crippen molar-refractivity contribution in [1.82, 2.24) is 0 Å². The quantitative estimate of drug-likeness (QED) is 0.487. The summed E-state index contributed by atoms with van der Waals surface area (Å²) in [6.07, 6.45) is -0.558. The highest BCUT2D eigenvalue weighted by molar-refractivity contribution is 5.70. The van der Waals surface area contributed by atoms with Crippen LogP contribution in [-0.2, 0) is 4.79 Å². The van der Waals surface area contributed by atoms with Crippen molar-refractivity contribution in [1.29, 1.82) is 0 Å². The molecule has 0 aliphatic heterocycles. The summed E-state index contributed by atoms with van der Waals surface area (Å²) in [6.45, 7) is 0. The first-order valence-corrected chi connectivity index (χ1v) is 3.70. The third-order valence-corrected chi connectivity index (χ3v) is 2.13. The SMILES string of the molecule is O=C(O)[C@H]1CC[C@H](O)[C@H](O)C1. The van der Waals surface area contributed by atoms with Crippen LogP contribution in [-0.4, -0.2) is 33.5 Å². The lowest BCUT2D eigenvalue weighted by molar-refractivity contribution is -0.146. The van der Waals surface area contributed by atoms with E-state index in [1.807, 2.05) is 0 Å². The molecule has 4 heteroatoms. The van der Waals surface area contributed by atoms with Crippen molar-refractivity contribution >= 4 is 5.97 Å². The van der Waals surface area contributed by atoms with Gasteiger partial charge in [0.2, 0.25) is 0 Å². The number of hydrogen-bond donors (Lipinski definition) is 3. The van der Waals surface area contributed by atoms with E-state index in [1.54, 1.807) is 0 Å². The average Bonchev–Trinajstić information content (AvgIpc) is 1.94. The van der Waals surface area contributed by atoms with Gasteiger partial charge in [0.25, 0.3) is 0 Å². The Bertz CT molecular complexity index is 157. The van der Waals surface area contributed by atoms with E-state index >= 15 is 0 Å². The summed E-state index contributed by atoms with van der Waals surface area (Å²) in [5.74, 6) is -1.36. The summed E-state index contributed by atoms with van der Waals surface area (Å²) in [6, 6.07) is 0. The van der Waals surface area contributed by atoms with Gasteiger partial charge in [0.05, 0.1) is 18.1 Å². The number of aliphatic hydroxyl groups excluding tert-OH is 2. The van der Waals surface area contributed by atoms with Gasteiger partial charge in [-0.25, -0.2) is 0 Å². The van der Waals surface area contributed by atoms with E-state index in [9.17, 15) is 4.79 Å². The average molecular weight is 160 g/mol. The van der Waals surface area contributed by atoms with Crippen LogP contribution in [0.5, 0.6) is 0 Å². The van der Waals surface area contributed by atoms with Gasteiger partial charge in [0.15, 0.2) is 0 Å². The van der Waals surface area contributed by atoms with Crippen molar-refractivity contribution in [3.8, 4) is 0 Å². The largest absolute Gasteiger partial charge is 0.481 e. The number of carbonyl (C=O) groups is 1. The maximum absolute atomic E-state index is 10.4. The van der Waals surface area contributed by atoms with Gasteiger partial charge in [-0.05, 0) is 19.3 Å². The number of aliphatic hydroxyl groups is 2. The highest BCUT2D eigenvalue weighted by Crippen LogP contribution is 2.24. The minimum absolute atomic E-state index is 0.177. The van der Waals surface area contributed by atoms with Crippen LogP contribution in [0.3, 0.4) is 0 Å². The minimum atomic E-state index is -0.879. The first-order chi connectivity index (χ1) is 5.11. The number of carboxylic acids is 1. The minimum Gasteiger partial charge on any atom is -0.481 e. The van der Waals surface area contributed by atoms with E-state index in [0.29, 0.717) is 12.8 Å². The van der Waals surface area contributed by atoms with Gasteiger partial charge in [-0.15, -0.1) is 0 Å². The van der Waals surface area contributed by atoms with Crippen LogP contribution < -0.4 is 0 Å². The second-order valence-electron chi connectivity index (χ2n) is 2.98. The van der Waals surface area contributed by atoms with Crippen molar-refractivity contribution in [3.05, 3.63) is 0 Å². The Hall–Kier alpha value is -0.610. The Morgan fingerprint density at radius 2 is 1.82 bits per heavy atom. The van der Waals surface area contributed by atoms with Crippen molar-refractivity contribution in [2.45, 2.75) is 31.5 Å². The molecule has 0 radical (unpaired) electrons. The normalized spacial score (nSPS) is 38.5. The highest BCUT2D eigenvalue weighted by Gasteiger charge is 2.31. The lowest BCUT2D eigenvalue weighted by Crippen LogP contribution is -2.36. The fourth-order valence-corrected chi connectivity index (χ4v) is 1.36. The van der Waals surface area contributed by atoms with Crippen molar-refractivity contribution in [2.24, 2.45) is 5.92 Å². The van der Waals surface area contributed by atoms with Gasteiger partial charge in [0.1, 0.15) is 0 Å². The maximum atomic E-state index is 10.4. The third-order valence-electron chi connectivity index (χ3n) is 2.13. The summed E-state index contributed by atoms with van der Waals surface area (Å²) in [5.41, 5.74) is 0. The van der Waals surface area contributed by atoms with Crippen molar-refractivity contribution in [3.63, 3.8) is 0 Å². The van der Waals surface area contributed by atoms with E-state index in [4.69, 9.17) is 15.3 Å². The molecule has 64 valence electrons. The molecule has 11 heavy (non-hydrogen) atoms. The molecule has 1 fully saturated rings. The Kier molecular flexibility index (Phi) is 2.46. The molecule has 0 heterocycles. The summed E-state index contributed by atoms with van der Waals surface area (Å²) >= 11 is 0. The summed E-state index contributed by atoms with van der Waals surface area (Å²) in [7, 11) is 0. The zero-order chi connectivity index (χ0) is 8.43. The standard InChI is InChI=1S/C7H12O4/c8-5-2-1-4(7(10)11)3-6(5)9/h4-6,8-9H,1-3H2,(H,10,11)/t4-,5-,6+/m0/s1. The van der Waals surface area contributed by atoms with Crippen LogP contribution >= 0.6 is 0 Å². The molecule has 1 rings (SSSR count). The Balaban J connectivity index is 2.46. The molecule has 4 nitrogen and oxygen atoms in total. The fourth-order valence-electron chi connectivity index (χ4n) is 1.36. The van der Waals surface area contributed by atoms with E-state index in [0.717, 1.165) is 0 Å². The Labute approximate surface area is 64.5 Å². The van der Waals surface area contributed by atoms with Crippen LogP contribution in [0.4, 0.5) is 0 Å². The second kappa shape index (κ2) is 3.19. The number of rotatable bonds is 1. The monoisotopic (exact) mass is 160 g/mol. The first kappa shape index (κ1) is 8.49. The topological polar surface area (TPSA) is 77.8 Å². The highest BCUT2D eigenvalue weighted by atomic mass is 16.4. The van der Waals surface area contributed by atoms with Crippen LogP contribution in [0.1, 0.15) is 19.3 Å². The molecule has 3 N–H and O–H groups in total. The molecule has 1 saturated carbocycles. The Morgan fingerprint density at radius 3 is 2.27 bits per heavy atom. The fraction of sp³-hybridized carbons (Fsp3) is 0.857. The molecule has 1 aliphatic carbocycles. The number of hydrogen-bond acceptors (Lipinski definition) is 3. The lowest BCUT2D eigenvalue weighted by atomic mass is 9.85. The third kappa shape index (κ3) is 1.91. The molecular formula is C7H12O4. The van der Waals surface area contributed by atoms with Gasteiger partial charge in [-0.2, -0.15) is 0 Å². The van der Waals surface area contributed by atoms with Crippen LogP contribution in [0, 0.1) is 5.92 Å². The maximum Gasteiger partial charge on any atom is 0.306 e. The zero-order valence-electron chi connectivity index (χ0n) is 6.10. The summed E-state index contributed by atoms with van der Waals surface area (Å²) in [4.78, 5) is 10.4. The predicted molar refractivity (Wildman–Crippen MR) is 37.0 cm³/mol. The van der Waals surface area contributed by atoms with Crippen LogP contribution in [0.25, 0.3) is 0 Å². The van der Waals surface area contributed by atoms with E-state index < -0.39 is 24.1 Å². The zero-order valence-corrected chi connectivity index (χ0v) is 6.10. The van der Waals surface area contributed by atoms with E-state index in [2.05, 4.69) is 0 Å². The second-order valence-corrected chi connectivity index (χ2v) is 2.98. The molecule has 0 aromatic heterocycles. The van der Waals surface area contributed by atoms with Crippen molar-refractivity contribution < 1.29 is 20.1 Å². The van der Waals surface area contributed by atoms with Crippen LogP contribution in [0.15, 0.2) is 0 Å². The first-order valence-electron chi connectivity index (χ1n) is 3.70. The molecule has 0 aromatic rings. The molecule has 0 saturated heterocycles. The van der Waals surface area contributed by atoms with Crippen molar-refractivity contribution in [2.75, 3.05) is 0 Å². The molecule has 0 amide bonds. The summed E-state index contributed by atoms with van der Waals surface area (Å²) in [5, 5.41) is 26.7. The smallest absolute Gasteiger partial charge is 0.306 e. The van der Waals surface area contributed by atoms with Gasteiger partial charge >= 0.3 is 5.97 Å². The number of carboxylic acid groups (broad SMARTS) is 1. The summed E-state index contributed by atoms with van der Waals surface area (Å²) < 4.78 is 0. The van der Waals surface area contributed by atoms with E-state index in [1.165, 1.54) is 0 Å². The van der Waals surface area contributed by atoms with Gasteiger partial charge < -0.3 is 15.3 Å². The lowest BCUT2D eigenvalue weighted by Gasteiger charge is -2.27. The van der Waals surface area contributed by atoms with Gasteiger partial charge in [-0.3, -0.25) is 4.79 Å². The van der Waals surface area contributed by atoms with Crippen LogP contribution in [0.2, 0.25) is 0 Å². The molecule has 1 aliphatic rings. The Morgan fingerprint density at radius 1 is 1.18 bits per heavy atom. The molecule has 0 unspecified atom stereocenters.